The molecule has 0 saturated heterocycles. The van der Waals surface area contributed by atoms with Crippen LogP contribution in [0.4, 0.5) is 0 Å². The zero-order valence-corrected chi connectivity index (χ0v) is 40.5. The van der Waals surface area contributed by atoms with Crippen molar-refractivity contribution >= 4 is 19.8 Å². The summed E-state index contributed by atoms with van der Waals surface area (Å²) in [6.45, 7) is 4.03. The Morgan fingerprint density at radius 3 is 1.41 bits per heavy atom. The van der Waals surface area contributed by atoms with E-state index in [1.807, 2.05) is 21.1 Å². The summed E-state index contributed by atoms with van der Waals surface area (Å²) in [7, 11) is 1.15. The highest BCUT2D eigenvalue weighted by molar-refractivity contribution is 7.45. The first kappa shape index (κ1) is 58.5. The number of carbonyl (C=O) groups excluding carboxylic acids is 2. The molecule has 0 heterocycles. The van der Waals surface area contributed by atoms with Crippen LogP contribution in [0.25, 0.3) is 0 Å². The van der Waals surface area contributed by atoms with Crippen LogP contribution in [0.15, 0.2) is 72.9 Å². The van der Waals surface area contributed by atoms with Crippen LogP contribution in [0.1, 0.15) is 187 Å². The number of quaternary nitrogens is 1. The predicted molar refractivity (Wildman–Crippen MR) is 254 cm³/mol. The number of carbonyl (C=O) groups is 2. The minimum atomic E-state index is -4.63. The highest BCUT2D eigenvalue weighted by Gasteiger charge is 2.21. The van der Waals surface area contributed by atoms with Gasteiger partial charge in [-0.05, 0) is 77.0 Å². The third-order valence-electron chi connectivity index (χ3n) is 9.94. The molecule has 0 aliphatic heterocycles. The predicted octanol–water partition coefficient (Wildman–Crippen LogP) is 13.6. The van der Waals surface area contributed by atoms with Gasteiger partial charge < -0.3 is 27.9 Å². The van der Waals surface area contributed by atoms with E-state index in [9.17, 15) is 19.0 Å². The summed E-state index contributed by atoms with van der Waals surface area (Å²) in [5.41, 5.74) is 0. The molecule has 0 aliphatic carbocycles. The second-order valence-corrected chi connectivity index (χ2v) is 18.5. The van der Waals surface area contributed by atoms with Crippen molar-refractivity contribution in [3.05, 3.63) is 72.9 Å². The quantitative estimate of drug-likeness (QED) is 0.0196. The summed E-state index contributed by atoms with van der Waals surface area (Å²) in [5, 5.41) is 0. The smallest absolute Gasteiger partial charge is 0.306 e. The fraction of sp³-hybridized carbons (Fsp3) is 0.725. The highest BCUT2D eigenvalue weighted by atomic mass is 31.2. The molecular formula is C51H90NO8P. The molecule has 352 valence electrons. The van der Waals surface area contributed by atoms with Crippen molar-refractivity contribution < 1.29 is 42.1 Å². The Hall–Kier alpha value is -2.55. The molecule has 0 aromatic heterocycles. The molecule has 2 unspecified atom stereocenters. The highest BCUT2D eigenvalue weighted by Crippen LogP contribution is 2.38. The number of hydrogen-bond donors (Lipinski definition) is 0. The van der Waals surface area contributed by atoms with E-state index < -0.39 is 32.5 Å². The Kier molecular flexibility index (Phi) is 40.9. The molecular weight excluding hydrogens is 786 g/mol. The number of allylic oxidation sites excluding steroid dienone is 12. The van der Waals surface area contributed by atoms with Gasteiger partial charge in [-0.1, -0.05) is 170 Å². The third kappa shape index (κ3) is 46.8. The minimum Gasteiger partial charge on any atom is -0.756 e. The molecule has 2 atom stereocenters. The van der Waals surface area contributed by atoms with E-state index in [2.05, 4.69) is 86.8 Å². The standard InChI is InChI=1S/C51H90NO8P/c1-6-8-10-12-14-16-18-19-20-21-22-23-24-25-26-27-28-29-30-31-32-33-34-36-38-40-42-44-51(54)60-49(48-59-61(55,56)58-46-45-52(3,4)5)47-57-50(53)43-41-39-37-35-17-15-13-11-9-7-2/h8,10-11,13-14,16,19-20,22-23,25-26,49H,6-7,9,12,15,17-18,21,24,27-48H2,1-5H3/b10-8-,13-11-,16-14-,20-19-,23-22-,26-25-. The van der Waals surface area contributed by atoms with E-state index >= 15 is 0 Å². The Balaban J connectivity index is 4.18. The van der Waals surface area contributed by atoms with Crippen molar-refractivity contribution in [3.8, 4) is 0 Å². The average molecular weight is 876 g/mol. The van der Waals surface area contributed by atoms with Crippen molar-refractivity contribution in [2.45, 2.75) is 193 Å². The number of likely N-dealkylation sites (N-methyl/N-ethyl adjacent to an activating group) is 1. The van der Waals surface area contributed by atoms with Crippen molar-refractivity contribution in [1.29, 1.82) is 0 Å². The van der Waals surface area contributed by atoms with Crippen LogP contribution < -0.4 is 4.89 Å². The van der Waals surface area contributed by atoms with Crippen molar-refractivity contribution in [2.24, 2.45) is 0 Å². The number of hydrogen-bond acceptors (Lipinski definition) is 8. The van der Waals surface area contributed by atoms with Gasteiger partial charge in [-0.25, -0.2) is 0 Å². The van der Waals surface area contributed by atoms with Gasteiger partial charge in [0.15, 0.2) is 6.10 Å². The monoisotopic (exact) mass is 876 g/mol. The molecule has 0 spiro atoms. The molecule has 0 aromatic rings. The van der Waals surface area contributed by atoms with Crippen LogP contribution in [0.5, 0.6) is 0 Å². The number of phosphoric acid groups is 1. The maximum Gasteiger partial charge on any atom is 0.306 e. The molecule has 61 heavy (non-hydrogen) atoms. The fourth-order valence-electron chi connectivity index (χ4n) is 6.21. The number of unbranched alkanes of at least 4 members (excludes halogenated alkanes) is 17. The Morgan fingerprint density at radius 2 is 0.934 bits per heavy atom. The molecule has 0 aromatic carbocycles. The van der Waals surface area contributed by atoms with E-state index in [4.69, 9.17) is 18.5 Å². The lowest BCUT2D eigenvalue weighted by Gasteiger charge is -2.28. The van der Waals surface area contributed by atoms with Gasteiger partial charge in [0.2, 0.25) is 0 Å². The summed E-state index contributed by atoms with van der Waals surface area (Å²) in [5.74, 6) is -0.854. The molecule has 9 nitrogen and oxygen atoms in total. The summed E-state index contributed by atoms with van der Waals surface area (Å²) >= 11 is 0. The number of rotatable bonds is 43. The topological polar surface area (TPSA) is 111 Å². The molecule has 0 N–H and O–H groups in total. The molecule has 10 heteroatoms. The van der Waals surface area contributed by atoms with E-state index in [1.165, 1.54) is 51.4 Å². The molecule has 0 saturated carbocycles. The molecule has 0 radical (unpaired) electrons. The lowest BCUT2D eigenvalue weighted by Crippen LogP contribution is -2.37. The molecule has 0 rings (SSSR count). The normalized spacial score (nSPS) is 14.1. The lowest BCUT2D eigenvalue weighted by molar-refractivity contribution is -0.870. The van der Waals surface area contributed by atoms with Crippen molar-refractivity contribution in [1.82, 2.24) is 0 Å². The van der Waals surface area contributed by atoms with Crippen LogP contribution in [-0.2, 0) is 32.7 Å². The minimum absolute atomic E-state index is 0.0355. The Bertz CT molecular complexity index is 1270. The van der Waals surface area contributed by atoms with Gasteiger partial charge >= 0.3 is 11.9 Å². The first-order valence-electron chi connectivity index (χ1n) is 24.1. The van der Waals surface area contributed by atoms with Gasteiger partial charge in [-0.2, -0.15) is 0 Å². The zero-order valence-electron chi connectivity index (χ0n) is 39.6. The molecule has 0 aliphatic rings. The largest absolute Gasteiger partial charge is 0.756 e. The number of esters is 2. The average Bonchev–Trinajstić information content (AvgIpc) is 3.21. The second kappa shape index (κ2) is 42.7. The van der Waals surface area contributed by atoms with Gasteiger partial charge in [0, 0.05) is 12.8 Å². The second-order valence-electron chi connectivity index (χ2n) is 17.1. The fourth-order valence-corrected chi connectivity index (χ4v) is 6.94. The molecule has 0 amide bonds. The van der Waals surface area contributed by atoms with Crippen molar-refractivity contribution in [2.75, 3.05) is 47.5 Å². The molecule has 0 fully saturated rings. The van der Waals surface area contributed by atoms with Gasteiger partial charge in [0.05, 0.1) is 27.7 Å². The van der Waals surface area contributed by atoms with Crippen LogP contribution in [-0.4, -0.2) is 70.0 Å². The number of nitrogens with zero attached hydrogens (tertiary/aromatic N) is 1. The summed E-state index contributed by atoms with van der Waals surface area (Å²) in [6, 6.07) is 0. The number of ether oxygens (including phenoxy) is 2. The van der Waals surface area contributed by atoms with Crippen LogP contribution in [0, 0.1) is 0 Å². The SMILES string of the molecule is CC/C=C\C/C=C\C/C=C\C/C=C\C/C=C\CCCCCCCCCCCCCC(=O)OC(COC(=O)CCCCCCC/C=C\CCC)COP(=O)([O-])OCC[N+](C)(C)C. The van der Waals surface area contributed by atoms with E-state index in [1.54, 1.807) is 0 Å². The number of phosphoric ester groups is 1. The maximum absolute atomic E-state index is 12.7. The van der Waals surface area contributed by atoms with E-state index in [0.717, 1.165) is 96.3 Å². The first-order chi connectivity index (χ1) is 29.5. The van der Waals surface area contributed by atoms with Gasteiger partial charge in [0.25, 0.3) is 7.82 Å². The van der Waals surface area contributed by atoms with Gasteiger partial charge in [0.1, 0.15) is 19.8 Å². The van der Waals surface area contributed by atoms with Crippen LogP contribution in [0.2, 0.25) is 0 Å². The zero-order chi connectivity index (χ0) is 45.0. The summed E-state index contributed by atoms with van der Waals surface area (Å²) < 4.78 is 33.9. The van der Waals surface area contributed by atoms with Crippen LogP contribution >= 0.6 is 7.82 Å². The first-order valence-corrected chi connectivity index (χ1v) is 25.6. The summed E-state index contributed by atoms with van der Waals surface area (Å²) in [4.78, 5) is 37.5. The van der Waals surface area contributed by atoms with E-state index in [0.29, 0.717) is 23.9 Å². The Morgan fingerprint density at radius 1 is 0.525 bits per heavy atom. The maximum atomic E-state index is 12.7. The van der Waals surface area contributed by atoms with E-state index in [-0.39, 0.29) is 26.1 Å². The van der Waals surface area contributed by atoms with Gasteiger partial charge in [-0.15, -0.1) is 0 Å². The Labute approximate surface area is 374 Å². The summed E-state index contributed by atoms with van der Waals surface area (Å²) in [6.07, 6.45) is 53.7. The third-order valence-corrected chi connectivity index (χ3v) is 10.9. The molecule has 0 bridgehead atoms. The van der Waals surface area contributed by atoms with Gasteiger partial charge in [-0.3, -0.25) is 14.2 Å². The van der Waals surface area contributed by atoms with Crippen LogP contribution in [0.3, 0.4) is 0 Å². The lowest BCUT2D eigenvalue weighted by atomic mass is 10.0. The van der Waals surface area contributed by atoms with Crippen molar-refractivity contribution in [3.63, 3.8) is 0 Å².